The third-order valence-corrected chi connectivity index (χ3v) is 3.84. The van der Waals surface area contributed by atoms with Gasteiger partial charge in [0.2, 0.25) is 0 Å². The average Bonchev–Trinajstić information content (AvgIpc) is 2.03. The van der Waals surface area contributed by atoms with Gasteiger partial charge in [0, 0.05) is 11.8 Å². The van der Waals surface area contributed by atoms with E-state index in [9.17, 15) is 0 Å². The summed E-state index contributed by atoms with van der Waals surface area (Å²) in [5.74, 6) is 0. The lowest BCUT2D eigenvalue weighted by molar-refractivity contribution is -0.143. The predicted molar refractivity (Wildman–Crippen MR) is 50.1 cm³/mol. The molecule has 0 bridgehead atoms. The van der Waals surface area contributed by atoms with E-state index in [4.69, 9.17) is 10.00 Å². The molecule has 0 atom stereocenters. The summed E-state index contributed by atoms with van der Waals surface area (Å²) in [6.07, 6.45) is 5.69. The zero-order valence-corrected chi connectivity index (χ0v) is 8.31. The van der Waals surface area contributed by atoms with Crippen molar-refractivity contribution in [2.45, 2.75) is 39.0 Å². The summed E-state index contributed by atoms with van der Waals surface area (Å²) < 4.78 is 5.28. The monoisotopic (exact) mass is 179 g/mol. The summed E-state index contributed by atoms with van der Waals surface area (Å²) in [6.45, 7) is 4.19. The lowest BCUT2D eigenvalue weighted by Crippen LogP contribution is -2.46. The minimum Gasteiger partial charge on any atom is -0.380 e. The van der Waals surface area contributed by atoms with Crippen LogP contribution in [-0.2, 0) is 4.74 Å². The number of nitriles is 1. The van der Waals surface area contributed by atoms with Crippen LogP contribution in [0.15, 0.2) is 0 Å². The average molecular weight is 179 g/mol. The molecule has 2 fully saturated rings. The third kappa shape index (κ3) is 1.58. The van der Waals surface area contributed by atoms with Gasteiger partial charge in [0.05, 0.1) is 19.3 Å². The van der Waals surface area contributed by atoms with Gasteiger partial charge in [-0.05, 0) is 31.1 Å². The summed E-state index contributed by atoms with van der Waals surface area (Å²) in [7, 11) is 0. The van der Waals surface area contributed by atoms with Crippen molar-refractivity contribution in [3.8, 4) is 6.07 Å². The fourth-order valence-corrected chi connectivity index (χ4v) is 2.43. The summed E-state index contributed by atoms with van der Waals surface area (Å²) in [5.41, 5.74) is 0.824. The maximum absolute atomic E-state index is 8.71. The number of nitrogens with zero attached hydrogens (tertiary/aromatic N) is 1. The second-order valence-corrected chi connectivity index (χ2v) is 5.14. The van der Waals surface area contributed by atoms with Gasteiger partial charge < -0.3 is 4.74 Å². The zero-order chi connectivity index (χ0) is 9.36. The van der Waals surface area contributed by atoms with Crippen LogP contribution >= 0.6 is 0 Å². The van der Waals surface area contributed by atoms with Crippen LogP contribution in [0.3, 0.4) is 0 Å². The van der Waals surface area contributed by atoms with Crippen molar-refractivity contribution in [1.29, 1.82) is 5.26 Å². The highest BCUT2D eigenvalue weighted by Gasteiger charge is 2.44. The van der Waals surface area contributed by atoms with Crippen LogP contribution in [0.25, 0.3) is 0 Å². The van der Waals surface area contributed by atoms with Gasteiger partial charge in [-0.3, -0.25) is 0 Å². The van der Waals surface area contributed by atoms with Gasteiger partial charge in [0.25, 0.3) is 0 Å². The van der Waals surface area contributed by atoms with Crippen molar-refractivity contribution in [3.63, 3.8) is 0 Å². The number of hydrogen-bond donors (Lipinski definition) is 0. The van der Waals surface area contributed by atoms with E-state index >= 15 is 0 Å². The van der Waals surface area contributed by atoms with Gasteiger partial charge in [-0.25, -0.2) is 0 Å². The molecule has 1 aliphatic heterocycles. The second kappa shape index (κ2) is 2.99. The molecule has 0 unspecified atom stereocenters. The highest BCUT2D eigenvalue weighted by molar-refractivity contribution is 4.97. The molecule has 0 amide bonds. The molecule has 0 aromatic carbocycles. The molecule has 72 valence electrons. The van der Waals surface area contributed by atoms with E-state index < -0.39 is 0 Å². The Morgan fingerprint density at radius 3 is 2.23 bits per heavy atom. The number of ether oxygens (including phenoxy) is 1. The first-order chi connectivity index (χ1) is 6.18. The normalized spacial score (nSPS) is 29.2. The molecule has 0 radical (unpaired) electrons. The fourth-order valence-electron chi connectivity index (χ4n) is 2.43. The van der Waals surface area contributed by atoms with Gasteiger partial charge in [-0.2, -0.15) is 5.26 Å². The van der Waals surface area contributed by atoms with Crippen molar-refractivity contribution in [1.82, 2.24) is 0 Å². The maximum Gasteiger partial charge on any atom is 0.0627 e. The lowest BCUT2D eigenvalue weighted by atomic mass is 9.62. The Morgan fingerprint density at radius 1 is 1.23 bits per heavy atom. The van der Waals surface area contributed by atoms with Crippen LogP contribution in [0.1, 0.15) is 39.0 Å². The van der Waals surface area contributed by atoms with Crippen molar-refractivity contribution in [3.05, 3.63) is 0 Å². The molecule has 13 heavy (non-hydrogen) atoms. The Bertz CT molecular complexity index is 227. The van der Waals surface area contributed by atoms with E-state index in [1.807, 2.05) is 0 Å². The smallest absolute Gasteiger partial charge is 0.0627 e. The van der Waals surface area contributed by atoms with Gasteiger partial charge in [0.15, 0.2) is 0 Å². The lowest BCUT2D eigenvalue weighted by Gasteiger charge is -2.49. The largest absolute Gasteiger partial charge is 0.380 e. The minimum atomic E-state index is 0.301. The Morgan fingerprint density at radius 2 is 1.85 bits per heavy atom. The van der Waals surface area contributed by atoms with Crippen molar-refractivity contribution < 1.29 is 4.74 Å². The molecule has 1 saturated heterocycles. The van der Waals surface area contributed by atoms with E-state index in [2.05, 4.69) is 13.0 Å². The van der Waals surface area contributed by atoms with Crippen LogP contribution in [0.4, 0.5) is 0 Å². The van der Waals surface area contributed by atoms with Crippen molar-refractivity contribution in [2.24, 2.45) is 10.8 Å². The van der Waals surface area contributed by atoms with E-state index in [-0.39, 0.29) is 0 Å². The van der Waals surface area contributed by atoms with Crippen LogP contribution in [0.2, 0.25) is 0 Å². The molecule has 2 heteroatoms. The van der Waals surface area contributed by atoms with E-state index in [0.29, 0.717) is 10.8 Å². The molecule has 2 aliphatic rings. The third-order valence-electron chi connectivity index (χ3n) is 3.84. The molecular formula is C11H17NO. The zero-order valence-electron chi connectivity index (χ0n) is 8.31. The fraction of sp³-hybridized carbons (Fsp3) is 0.909. The summed E-state index contributed by atoms with van der Waals surface area (Å²) in [6, 6.07) is 2.31. The van der Waals surface area contributed by atoms with Gasteiger partial charge >= 0.3 is 0 Å². The number of rotatable bonds is 1. The van der Waals surface area contributed by atoms with Crippen molar-refractivity contribution >= 4 is 0 Å². The maximum atomic E-state index is 8.71. The van der Waals surface area contributed by atoms with Crippen LogP contribution in [0, 0.1) is 22.2 Å². The molecule has 2 rings (SSSR count). The standard InChI is InChI=1S/C11H17NO/c1-10(6-7-12)2-4-11(5-3-10)8-13-9-11/h2-6,8-9H2,1H3. The predicted octanol–water partition coefficient (Wildman–Crippen LogP) is 2.50. The van der Waals surface area contributed by atoms with Gasteiger partial charge in [0.1, 0.15) is 0 Å². The summed E-state index contributed by atoms with van der Waals surface area (Å²) in [4.78, 5) is 0. The summed E-state index contributed by atoms with van der Waals surface area (Å²) in [5, 5.41) is 8.71. The van der Waals surface area contributed by atoms with Crippen LogP contribution in [0.5, 0.6) is 0 Å². The molecule has 0 aromatic rings. The topological polar surface area (TPSA) is 33.0 Å². The Hall–Kier alpha value is -0.550. The van der Waals surface area contributed by atoms with Crippen molar-refractivity contribution in [2.75, 3.05) is 13.2 Å². The molecule has 1 aliphatic carbocycles. The molecule has 0 aromatic heterocycles. The van der Waals surface area contributed by atoms with Crippen LogP contribution in [-0.4, -0.2) is 13.2 Å². The molecule has 2 nitrogen and oxygen atoms in total. The first kappa shape index (κ1) is 9.02. The Kier molecular flexibility index (Phi) is 2.08. The van der Waals surface area contributed by atoms with Gasteiger partial charge in [-0.1, -0.05) is 6.92 Å². The molecule has 0 N–H and O–H groups in total. The van der Waals surface area contributed by atoms with E-state index in [1.165, 1.54) is 25.7 Å². The molecule has 1 heterocycles. The van der Waals surface area contributed by atoms with E-state index in [1.54, 1.807) is 0 Å². The summed E-state index contributed by atoms with van der Waals surface area (Å²) >= 11 is 0. The molecule has 1 spiro atoms. The molecule has 1 saturated carbocycles. The second-order valence-electron chi connectivity index (χ2n) is 5.14. The first-order valence-corrected chi connectivity index (χ1v) is 5.13. The van der Waals surface area contributed by atoms with Crippen LogP contribution < -0.4 is 0 Å². The minimum absolute atomic E-state index is 0.301. The molecular weight excluding hydrogens is 162 g/mol. The highest BCUT2D eigenvalue weighted by atomic mass is 16.5. The first-order valence-electron chi connectivity index (χ1n) is 5.13. The SMILES string of the molecule is CC1(CC#N)CCC2(CC1)COC2. The Balaban J connectivity index is 1.92. The van der Waals surface area contributed by atoms with Gasteiger partial charge in [-0.15, -0.1) is 0 Å². The number of hydrogen-bond acceptors (Lipinski definition) is 2. The Labute approximate surface area is 79.9 Å². The quantitative estimate of drug-likeness (QED) is 0.619. The highest BCUT2D eigenvalue weighted by Crippen LogP contribution is 2.50. The van der Waals surface area contributed by atoms with E-state index in [0.717, 1.165) is 19.6 Å².